The van der Waals surface area contributed by atoms with Crippen molar-refractivity contribution in [3.8, 4) is 0 Å². The summed E-state index contributed by atoms with van der Waals surface area (Å²) in [5, 5.41) is 0. The Balaban J connectivity index is 3.04. The molecule has 1 N–H and O–H groups in total. The Kier molecular flexibility index (Phi) is 0.855. The third-order valence-electron chi connectivity index (χ3n) is 0.796. The SMILES string of the molecule is Cc1ccc([18F])[nH]1. The zero-order valence-electron chi connectivity index (χ0n) is 4.03. The van der Waals surface area contributed by atoms with Crippen LogP contribution in [0.4, 0.5) is 4.39 Å². The van der Waals surface area contributed by atoms with Gasteiger partial charge in [-0.15, -0.1) is 0 Å². The molecule has 0 amide bonds. The molecule has 38 valence electrons. The fraction of sp³-hybridized carbons (Fsp3) is 0.200. The van der Waals surface area contributed by atoms with Gasteiger partial charge in [0.25, 0.3) is 0 Å². The fourth-order valence-electron chi connectivity index (χ4n) is 0.470. The summed E-state index contributed by atoms with van der Waals surface area (Å²) in [7, 11) is 0. The van der Waals surface area contributed by atoms with Gasteiger partial charge in [0.2, 0.25) is 0 Å². The van der Waals surface area contributed by atoms with Gasteiger partial charge in [-0.2, -0.15) is 4.39 Å². The van der Waals surface area contributed by atoms with Crippen molar-refractivity contribution in [1.82, 2.24) is 4.98 Å². The van der Waals surface area contributed by atoms with Crippen molar-refractivity contribution >= 4 is 0 Å². The van der Waals surface area contributed by atoms with E-state index in [-0.39, 0.29) is 5.95 Å². The number of aromatic amines is 1. The third-order valence-corrected chi connectivity index (χ3v) is 0.796. The molecule has 0 saturated carbocycles. The maximum Gasteiger partial charge on any atom is 0.191 e. The maximum atomic E-state index is 11.9. The molecule has 1 aromatic heterocycles. The van der Waals surface area contributed by atoms with E-state index in [0.29, 0.717) is 0 Å². The number of hydrogen-bond donors (Lipinski definition) is 1. The molecule has 1 heterocycles. The van der Waals surface area contributed by atoms with E-state index in [4.69, 9.17) is 0 Å². The number of rotatable bonds is 0. The Hall–Kier alpha value is -0.790. The molecular weight excluding hydrogens is 92.1 g/mol. The fourth-order valence-corrected chi connectivity index (χ4v) is 0.470. The van der Waals surface area contributed by atoms with Crippen LogP contribution in [-0.2, 0) is 0 Å². The van der Waals surface area contributed by atoms with E-state index in [9.17, 15) is 4.39 Å². The van der Waals surface area contributed by atoms with Crippen molar-refractivity contribution in [1.29, 1.82) is 0 Å². The minimum Gasteiger partial charge on any atom is -0.336 e. The van der Waals surface area contributed by atoms with Crippen LogP contribution in [-0.4, -0.2) is 4.98 Å². The van der Waals surface area contributed by atoms with Gasteiger partial charge in [0.15, 0.2) is 5.95 Å². The molecule has 1 aromatic rings. The predicted molar refractivity (Wildman–Crippen MR) is 25.5 cm³/mol. The molecule has 0 bridgehead atoms. The van der Waals surface area contributed by atoms with Crippen LogP contribution in [0.5, 0.6) is 0 Å². The minimum atomic E-state index is -0.266. The highest BCUT2D eigenvalue weighted by Gasteiger charge is 1.86. The van der Waals surface area contributed by atoms with Crippen LogP contribution in [0.1, 0.15) is 5.69 Å². The average Bonchev–Trinajstić information content (AvgIpc) is 1.87. The summed E-state index contributed by atoms with van der Waals surface area (Å²) < 4.78 is 11.9. The monoisotopic (exact) mass is 98.1 g/mol. The van der Waals surface area contributed by atoms with E-state index in [1.54, 1.807) is 6.07 Å². The predicted octanol–water partition coefficient (Wildman–Crippen LogP) is 1.46. The number of hydrogen-bond acceptors (Lipinski definition) is 0. The van der Waals surface area contributed by atoms with Crippen molar-refractivity contribution < 1.29 is 4.39 Å². The summed E-state index contributed by atoms with van der Waals surface area (Å²) in [6.45, 7) is 1.81. The summed E-state index contributed by atoms with van der Waals surface area (Å²) in [6.07, 6.45) is 0. The first-order chi connectivity index (χ1) is 3.29. The van der Waals surface area contributed by atoms with Crippen LogP contribution in [0.25, 0.3) is 0 Å². The van der Waals surface area contributed by atoms with Gasteiger partial charge in [-0.3, -0.25) is 0 Å². The summed E-state index contributed by atoms with van der Waals surface area (Å²) >= 11 is 0. The third kappa shape index (κ3) is 0.796. The van der Waals surface area contributed by atoms with Gasteiger partial charge >= 0.3 is 0 Å². The van der Waals surface area contributed by atoms with Crippen molar-refractivity contribution in [2.24, 2.45) is 0 Å². The van der Waals surface area contributed by atoms with Crippen LogP contribution >= 0.6 is 0 Å². The van der Waals surface area contributed by atoms with Gasteiger partial charge in [-0.25, -0.2) is 0 Å². The standard InChI is InChI=1S/C5H6FN/c1-4-2-3-5(6)7-4/h2-3,7H,1H3/i6-1. The molecule has 0 atom stereocenters. The lowest BCUT2D eigenvalue weighted by Crippen LogP contribution is -1.68. The Morgan fingerprint density at radius 2 is 2.29 bits per heavy atom. The molecule has 0 aliphatic rings. The van der Waals surface area contributed by atoms with Crippen LogP contribution < -0.4 is 0 Å². The molecule has 0 aliphatic heterocycles. The topological polar surface area (TPSA) is 15.8 Å². The zero-order chi connectivity index (χ0) is 5.28. The van der Waals surface area contributed by atoms with Crippen molar-refractivity contribution in [2.75, 3.05) is 0 Å². The smallest absolute Gasteiger partial charge is 0.191 e. The van der Waals surface area contributed by atoms with Crippen LogP contribution in [0, 0.1) is 12.9 Å². The van der Waals surface area contributed by atoms with E-state index >= 15 is 0 Å². The van der Waals surface area contributed by atoms with Gasteiger partial charge < -0.3 is 4.98 Å². The lowest BCUT2D eigenvalue weighted by atomic mass is 10.5. The van der Waals surface area contributed by atoms with Crippen LogP contribution in [0.3, 0.4) is 0 Å². The summed E-state index contributed by atoms with van der Waals surface area (Å²) in [5.41, 5.74) is 0.859. The lowest BCUT2D eigenvalue weighted by molar-refractivity contribution is 0.589. The highest BCUT2D eigenvalue weighted by atomic mass is 18.2. The van der Waals surface area contributed by atoms with E-state index in [0.717, 1.165) is 5.69 Å². The van der Waals surface area contributed by atoms with Gasteiger partial charge in [-0.05, 0) is 19.1 Å². The second-order valence-electron chi connectivity index (χ2n) is 1.49. The van der Waals surface area contributed by atoms with Gasteiger partial charge in [0.05, 0.1) is 0 Å². The molecule has 1 rings (SSSR count). The summed E-state index contributed by atoms with van der Waals surface area (Å²) in [4.78, 5) is 2.47. The molecule has 2 heteroatoms. The van der Waals surface area contributed by atoms with E-state index < -0.39 is 0 Å². The Bertz CT molecular complexity index is 140. The van der Waals surface area contributed by atoms with Crippen molar-refractivity contribution in [3.05, 3.63) is 23.8 Å². The molecule has 0 saturated heterocycles. The van der Waals surface area contributed by atoms with Crippen molar-refractivity contribution in [2.45, 2.75) is 6.92 Å². The molecule has 0 aliphatic carbocycles. The molecule has 0 fully saturated rings. The highest BCUT2D eigenvalue weighted by molar-refractivity contribution is 5.01. The molecule has 1 nitrogen and oxygen atoms in total. The van der Waals surface area contributed by atoms with E-state index in [1.807, 2.05) is 6.92 Å². The number of nitrogens with one attached hydrogen (secondary N) is 1. The molecule has 0 unspecified atom stereocenters. The Labute approximate surface area is 41.2 Å². The average molecular weight is 98.1 g/mol. The van der Waals surface area contributed by atoms with Crippen LogP contribution in [0.2, 0.25) is 0 Å². The molecular formula is C5H6FN. The van der Waals surface area contributed by atoms with Gasteiger partial charge in [-0.1, -0.05) is 0 Å². The van der Waals surface area contributed by atoms with E-state index in [2.05, 4.69) is 4.98 Å². The van der Waals surface area contributed by atoms with Gasteiger partial charge in [0.1, 0.15) is 0 Å². The number of aryl methyl sites for hydroxylation is 1. The first-order valence-electron chi connectivity index (χ1n) is 2.10. The van der Waals surface area contributed by atoms with Gasteiger partial charge in [0, 0.05) is 5.69 Å². The second kappa shape index (κ2) is 1.37. The molecule has 0 aromatic carbocycles. The first kappa shape index (κ1) is 4.37. The minimum absolute atomic E-state index is 0.266. The normalized spacial score (nSPS) is 9.43. The maximum absolute atomic E-state index is 11.9. The first-order valence-corrected chi connectivity index (χ1v) is 2.10. The lowest BCUT2D eigenvalue weighted by Gasteiger charge is -1.74. The van der Waals surface area contributed by atoms with Crippen molar-refractivity contribution in [3.63, 3.8) is 0 Å². The molecule has 0 spiro atoms. The zero-order valence-corrected chi connectivity index (χ0v) is 4.03. The molecule has 0 radical (unpaired) electrons. The quantitative estimate of drug-likeness (QED) is 0.505. The largest absolute Gasteiger partial charge is 0.336 e. The summed E-state index contributed by atoms with van der Waals surface area (Å²) in [6, 6.07) is 3.09. The summed E-state index contributed by atoms with van der Waals surface area (Å²) in [5.74, 6) is -0.266. The Morgan fingerprint density at radius 1 is 1.57 bits per heavy atom. The highest BCUT2D eigenvalue weighted by Crippen LogP contribution is 1.95. The van der Waals surface area contributed by atoms with Crippen LogP contribution in [0.15, 0.2) is 12.1 Å². The molecule has 7 heavy (non-hydrogen) atoms. The second-order valence-corrected chi connectivity index (χ2v) is 1.49. The van der Waals surface area contributed by atoms with E-state index in [1.165, 1.54) is 6.07 Å². The Morgan fingerprint density at radius 3 is 2.43 bits per heavy atom. The number of halogens is 1. The number of aromatic nitrogens is 1. The number of H-pyrrole nitrogens is 1.